The molecular weight excluding hydrogens is 280 g/mol. The summed E-state index contributed by atoms with van der Waals surface area (Å²) >= 11 is 0. The molecule has 0 aromatic carbocycles. The SMILES string of the molecule is NCCNCCN.O=S([O-])S(=O)(=O)[O-].[Na+].[Na+]. The third-order valence-electron chi connectivity index (χ3n) is 0.809. The average molecular weight is 293 g/mol. The van der Waals surface area contributed by atoms with Gasteiger partial charge in [-0.2, -0.15) is 0 Å². The Morgan fingerprint density at radius 3 is 1.50 bits per heavy atom. The second-order valence-electron chi connectivity index (χ2n) is 1.94. The first-order valence-electron chi connectivity index (χ1n) is 3.52. The quantitative estimate of drug-likeness (QED) is 0.148. The normalized spacial score (nSPS) is 11.2. The number of hydrogen-bond donors (Lipinski definition) is 3. The zero-order valence-electron chi connectivity index (χ0n) is 9.34. The molecule has 0 radical (unpaired) electrons. The molecule has 12 heteroatoms. The van der Waals surface area contributed by atoms with E-state index in [2.05, 4.69) is 5.32 Å². The van der Waals surface area contributed by atoms with Crippen molar-refractivity contribution in [3.63, 3.8) is 0 Å². The fourth-order valence-electron chi connectivity index (χ4n) is 0.329. The summed E-state index contributed by atoms with van der Waals surface area (Å²) in [6.45, 7) is 3.13. The van der Waals surface area contributed by atoms with Crippen LogP contribution in [0.1, 0.15) is 0 Å². The molecule has 0 heterocycles. The average Bonchev–Trinajstić information content (AvgIpc) is 2.05. The van der Waals surface area contributed by atoms with Gasteiger partial charge >= 0.3 is 59.1 Å². The molecule has 88 valence electrons. The van der Waals surface area contributed by atoms with Crippen LogP contribution in [0.2, 0.25) is 0 Å². The molecule has 0 saturated carbocycles. The van der Waals surface area contributed by atoms with Crippen molar-refractivity contribution in [3.8, 4) is 0 Å². The monoisotopic (exact) mass is 293 g/mol. The summed E-state index contributed by atoms with van der Waals surface area (Å²) < 4.78 is 45.7. The van der Waals surface area contributed by atoms with Crippen molar-refractivity contribution >= 4 is 19.3 Å². The zero-order chi connectivity index (χ0) is 11.6. The molecule has 0 aromatic heterocycles. The van der Waals surface area contributed by atoms with E-state index < -0.39 is 19.3 Å². The first kappa shape index (κ1) is 26.5. The van der Waals surface area contributed by atoms with Crippen LogP contribution in [-0.4, -0.2) is 47.9 Å². The topological polar surface area (TPSA) is 161 Å². The van der Waals surface area contributed by atoms with Crippen LogP contribution in [0.15, 0.2) is 0 Å². The van der Waals surface area contributed by atoms with Crippen molar-refractivity contribution in [2.75, 3.05) is 26.2 Å². The third-order valence-corrected chi connectivity index (χ3v) is 2.14. The van der Waals surface area contributed by atoms with Crippen LogP contribution in [0.25, 0.3) is 0 Å². The Hall–Kier alpha value is 1.90. The molecule has 0 spiro atoms. The first-order valence-corrected chi connectivity index (χ1v) is 6.52. The van der Waals surface area contributed by atoms with Crippen LogP contribution in [0.3, 0.4) is 0 Å². The van der Waals surface area contributed by atoms with Crippen LogP contribution in [0, 0.1) is 0 Å². The van der Waals surface area contributed by atoms with Crippen molar-refractivity contribution in [2.24, 2.45) is 11.5 Å². The Labute approximate surface area is 141 Å². The Kier molecular flexibility index (Phi) is 27.9. The van der Waals surface area contributed by atoms with E-state index in [-0.39, 0.29) is 59.1 Å². The van der Waals surface area contributed by atoms with E-state index >= 15 is 0 Å². The molecule has 0 saturated heterocycles. The van der Waals surface area contributed by atoms with Gasteiger partial charge < -0.3 is 25.9 Å². The zero-order valence-corrected chi connectivity index (χ0v) is 15.0. The van der Waals surface area contributed by atoms with E-state index in [0.717, 1.165) is 13.1 Å². The fourth-order valence-corrected chi connectivity index (χ4v) is 0.329. The molecular formula is C4H13N3Na2O5S2. The minimum atomic E-state index is -5.07. The maximum Gasteiger partial charge on any atom is 1.00 e. The fraction of sp³-hybridized carbons (Fsp3) is 1.00. The van der Waals surface area contributed by atoms with E-state index in [0.29, 0.717) is 13.1 Å². The first-order chi connectivity index (χ1) is 6.36. The maximum absolute atomic E-state index is 9.16. The summed E-state index contributed by atoms with van der Waals surface area (Å²) in [4.78, 5) is 0. The summed E-state index contributed by atoms with van der Waals surface area (Å²) in [5.41, 5.74) is 10.3. The molecule has 1 atom stereocenters. The summed E-state index contributed by atoms with van der Waals surface area (Å²) in [7, 11) is -8.59. The van der Waals surface area contributed by atoms with Gasteiger partial charge in [0.1, 0.15) is 0 Å². The molecule has 0 amide bonds. The van der Waals surface area contributed by atoms with Gasteiger partial charge in [0.25, 0.3) is 0 Å². The molecule has 0 rings (SSSR count). The Bertz CT molecular complexity index is 246. The van der Waals surface area contributed by atoms with Gasteiger partial charge in [0.15, 0.2) is 9.15 Å². The Balaban J connectivity index is -0.0000000800. The predicted octanol–water partition coefficient (Wildman–Crippen LogP) is -9.17. The van der Waals surface area contributed by atoms with Crippen LogP contribution >= 0.6 is 0 Å². The van der Waals surface area contributed by atoms with Crippen LogP contribution in [0.5, 0.6) is 0 Å². The van der Waals surface area contributed by atoms with Crippen molar-refractivity contribution in [1.82, 2.24) is 5.32 Å². The van der Waals surface area contributed by atoms with E-state index in [1.165, 1.54) is 0 Å². The number of nitrogens with two attached hydrogens (primary N) is 2. The maximum atomic E-state index is 9.16. The van der Waals surface area contributed by atoms with Crippen LogP contribution in [-0.2, 0) is 19.3 Å². The van der Waals surface area contributed by atoms with Crippen molar-refractivity contribution in [1.29, 1.82) is 0 Å². The molecule has 0 aliphatic rings. The molecule has 0 aromatic rings. The summed E-state index contributed by atoms with van der Waals surface area (Å²) in [5.74, 6) is 0. The third kappa shape index (κ3) is 24.9. The van der Waals surface area contributed by atoms with Crippen molar-refractivity contribution in [2.45, 2.75) is 0 Å². The molecule has 0 fully saturated rings. The number of nitrogens with one attached hydrogen (secondary N) is 1. The van der Waals surface area contributed by atoms with Crippen molar-refractivity contribution < 1.29 is 80.8 Å². The van der Waals surface area contributed by atoms with E-state index in [4.69, 9.17) is 33.2 Å². The minimum Gasteiger partial charge on any atom is -0.761 e. The van der Waals surface area contributed by atoms with Gasteiger partial charge in [0.2, 0.25) is 0 Å². The predicted molar refractivity (Wildman–Crippen MR) is 49.6 cm³/mol. The molecule has 8 nitrogen and oxygen atoms in total. The number of rotatable bonds is 5. The summed E-state index contributed by atoms with van der Waals surface area (Å²) in [6, 6.07) is 0. The van der Waals surface area contributed by atoms with Crippen LogP contribution < -0.4 is 75.9 Å². The molecule has 16 heavy (non-hydrogen) atoms. The number of hydrogen-bond acceptors (Lipinski definition) is 8. The van der Waals surface area contributed by atoms with Crippen LogP contribution in [0.4, 0.5) is 0 Å². The largest absolute Gasteiger partial charge is 1.00 e. The molecule has 5 N–H and O–H groups in total. The molecule has 0 bridgehead atoms. The smallest absolute Gasteiger partial charge is 0.761 e. The summed E-state index contributed by atoms with van der Waals surface area (Å²) in [5, 5.41) is 3.03. The second-order valence-corrected chi connectivity index (χ2v) is 5.21. The van der Waals surface area contributed by atoms with Gasteiger partial charge in [0, 0.05) is 26.2 Å². The molecule has 0 aliphatic carbocycles. The second kappa shape index (κ2) is 16.9. The van der Waals surface area contributed by atoms with Gasteiger partial charge in [-0.15, -0.1) is 0 Å². The van der Waals surface area contributed by atoms with Gasteiger partial charge in [0.05, 0.1) is 10.1 Å². The van der Waals surface area contributed by atoms with Gasteiger partial charge in [-0.25, -0.2) is 8.42 Å². The van der Waals surface area contributed by atoms with Gasteiger partial charge in [-0.3, -0.25) is 4.21 Å². The minimum absolute atomic E-state index is 0. The molecule has 0 aliphatic heterocycles. The van der Waals surface area contributed by atoms with E-state index in [9.17, 15) is 0 Å². The van der Waals surface area contributed by atoms with E-state index in [1.54, 1.807) is 0 Å². The Morgan fingerprint density at radius 1 is 1.12 bits per heavy atom. The Morgan fingerprint density at radius 2 is 1.38 bits per heavy atom. The van der Waals surface area contributed by atoms with Crippen molar-refractivity contribution in [3.05, 3.63) is 0 Å². The standard InChI is InChI=1S/C4H13N3.2Na.H2O5S2/c5-1-3-7-4-2-6;;;1-6(2)7(3,4)5/h7H,1-6H2;;;(H,1,2)(H,3,4,5)/q;2*+1;/p-2. The van der Waals surface area contributed by atoms with E-state index in [1.807, 2.05) is 0 Å². The van der Waals surface area contributed by atoms with Gasteiger partial charge in [-0.05, 0) is 0 Å². The summed E-state index contributed by atoms with van der Waals surface area (Å²) in [6.07, 6.45) is 0. The molecule has 1 unspecified atom stereocenters. The van der Waals surface area contributed by atoms with Gasteiger partial charge in [-0.1, -0.05) is 0 Å².